The average molecular weight is 244 g/mol. The van der Waals surface area contributed by atoms with Crippen molar-refractivity contribution < 1.29 is 23.4 Å². The standard InChI is InChI=1S/C12H14F2O3/c1-12(2,7-10(15)16)8-4-3-5-9(6-8)17-11(13)14/h3-6,11H,7H2,1-2H3,(H,15,16). The van der Waals surface area contributed by atoms with Crippen LogP contribution in [0, 0.1) is 0 Å². The Kier molecular flexibility index (Phi) is 4.04. The van der Waals surface area contributed by atoms with Gasteiger partial charge in [-0.25, -0.2) is 0 Å². The molecule has 3 nitrogen and oxygen atoms in total. The van der Waals surface area contributed by atoms with Crippen LogP contribution in [0.3, 0.4) is 0 Å². The quantitative estimate of drug-likeness (QED) is 0.865. The van der Waals surface area contributed by atoms with Gasteiger partial charge < -0.3 is 9.84 Å². The third kappa shape index (κ3) is 4.01. The van der Waals surface area contributed by atoms with Crippen LogP contribution in [-0.4, -0.2) is 17.7 Å². The van der Waals surface area contributed by atoms with E-state index in [1.165, 1.54) is 12.1 Å². The van der Waals surface area contributed by atoms with Crippen LogP contribution in [0.1, 0.15) is 25.8 Å². The predicted molar refractivity (Wildman–Crippen MR) is 58.4 cm³/mol. The van der Waals surface area contributed by atoms with Gasteiger partial charge in [-0.15, -0.1) is 0 Å². The van der Waals surface area contributed by atoms with Crippen LogP contribution in [0.2, 0.25) is 0 Å². The average Bonchev–Trinajstić information content (AvgIpc) is 2.15. The first kappa shape index (κ1) is 13.4. The number of rotatable bonds is 5. The molecule has 0 atom stereocenters. The smallest absolute Gasteiger partial charge is 0.387 e. The Labute approximate surface area is 98.0 Å². The van der Waals surface area contributed by atoms with Gasteiger partial charge in [0.05, 0.1) is 6.42 Å². The van der Waals surface area contributed by atoms with Crippen LogP contribution in [0.25, 0.3) is 0 Å². The fourth-order valence-electron chi connectivity index (χ4n) is 1.57. The lowest BCUT2D eigenvalue weighted by Gasteiger charge is -2.23. The zero-order valence-corrected chi connectivity index (χ0v) is 9.61. The molecule has 0 heterocycles. The summed E-state index contributed by atoms with van der Waals surface area (Å²) in [6, 6.07) is 6.11. The molecule has 0 unspecified atom stereocenters. The summed E-state index contributed by atoms with van der Waals surface area (Å²) in [6.45, 7) is 0.596. The Bertz CT molecular complexity index is 402. The Morgan fingerprint density at radius 3 is 2.65 bits per heavy atom. The van der Waals surface area contributed by atoms with E-state index < -0.39 is 18.0 Å². The molecule has 94 valence electrons. The van der Waals surface area contributed by atoms with Gasteiger partial charge in [-0.1, -0.05) is 26.0 Å². The van der Waals surface area contributed by atoms with Gasteiger partial charge in [0, 0.05) is 5.41 Å². The summed E-state index contributed by atoms with van der Waals surface area (Å²) in [7, 11) is 0. The number of halogens is 2. The second-order valence-electron chi connectivity index (χ2n) is 4.36. The fourth-order valence-corrected chi connectivity index (χ4v) is 1.57. The zero-order valence-electron chi connectivity index (χ0n) is 9.61. The topological polar surface area (TPSA) is 46.5 Å². The molecule has 1 N–H and O–H groups in total. The summed E-state index contributed by atoms with van der Waals surface area (Å²) < 4.78 is 28.4. The van der Waals surface area contributed by atoms with Crippen molar-refractivity contribution in [1.82, 2.24) is 0 Å². The monoisotopic (exact) mass is 244 g/mol. The lowest BCUT2D eigenvalue weighted by Crippen LogP contribution is -2.21. The number of carbonyl (C=O) groups is 1. The first-order chi connectivity index (χ1) is 7.81. The third-order valence-corrected chi connectivity index (χ3v) is 2.43. The van der Waals surface area contributed by atoms with E-state index in [2.05, 4.69) is 4.74 Å². The van der Waals surface area contributed by atoms with Crippen LogP contribution in [0.5, 0.6) is 5.75 Å². The molecule has 0 saturated carbocycles. The molecular formula is C12H14F2O3. The molecule has 0 aliphatic heterocycles. The molecule has 0 aliphatic rings. The highest BCUT2D eigenvalue weighted by atomic mass is 19.3. The van der Waals surface area contributed by atoms with Gasteiger partial charge in [0.2, 0.25) is 0 Å². The largest absolute Gasteiger partial charge is 0.481 e. The molecule has 5 heteroatoms. The lowest BCUT2D eigenvalue weighted by molar-refractivity contribution is -0.138. The molecule has 0 saturated heterocycles. The first-order valence-corrected chi connectivity index (χ1v) is 5.08. The van der Waals surface area contributed by atoms with Crippen molar-refractivity contribution in [2.75, 3.05) is 0 Å². The van der Waals surface area contributed by atoms with Gasteiger partial charge in [-0.2, -0.15) is 8.78 Å². The van der Waals surface area contributed by atoms with Crippen LogP contribution in [-0.2, 0) is 10.2 Å². The number of aliphatic carboxylic acids is 1. The van der Waals surface area contributed by atoms with Gasteiger partial charge in [0.25, 0.3) is 0 Å². The van der Waals surface area contributed by atoms with Crippen molar-refractivity contribution >= 4 is 5.97 Å². The zero-order chi connectivity index (χ0) is 13.1. The summed E-state index contributed by atoms with van der Waals surface area (Å²) in [4.78, 5) is 10.7. The first-order valence-electron chi connectivity index (χ1n) is 5.08. The number of benzene rings is 1. The van der Waals surface area contributed by atoms with Crippen molar-refractivity contribution in [3.63, 3.8) is 0 Å². The van der Waals surface area contributed by atoms with E-state index in [1.54, 1.807) is 26.0 Å². The molecule has 1 aromatic rings. The number of alkyl halides is 2. The fraction of sp³-hybridized carbons (Fsp3) is 0.417. The number of carboxylic acid groups (broad SMARTS) is 1. The van der Waals surface area contributed by atoms with E-state index in [-0.39, 0.29) is 12.2 Å². The number of carboxylic acids is 1. The minimum absolute atomic E-state index is 0.0379. The summed E-state index contributed by atoms with van der Waals surface area (Å²) in [5.41, 5.74) is 0.0194. The number of hydrogen-bond donors (Lipinski definition) is 1. The van der Waals surface area contributed by atoms with Crippen LogP contribution < -0.4 is 4.74 Å². The van der Waals surface area contributed by atoms with E-state index in [9.17, 15) is 13.6 Å². The van der Waals surface area contributed by atoms with E-state index in [0.717, 1.165) is 0 Å². The van der Waals surface area contributed by atoms with Gasteiger partial charge in [-0.3, -0.25) is 4.79 Å². The van der Waals surface area contributed by atoms with Crippen LogP contribution >= 0.6 is 0 Å². The highest BCUT2D eigenvalue weighted by Gasteiger charge is 2.24. The second kappa shape index (κ2) is 5.12. The summed E-state index contributed by atoms with van der Waals surface area (Å²) in [5.74, 6) is -0.897. The molecule has 0 amide bonds. The van der Waals surface area contributed by atoms with Crippen molar-refractivity contribution in [2.24, 2.45) is 0 Å². The van der Waals surface area contributed by atoms with Gasteiger partial charge in [0.1, 0.15) is 5.75 Å². The molecule has 1 aromatic carbocycles. The van der Waals surface area contributed by atoms with Gasteiger partial charge in [0.15, 0.2) is 0 Å². The minimum Gasteiger partial charge on any atom is -0.481 e. The molecule has 0 bridgehead atoms. The van der Waals surface area contributed by atoms with Crippen molar-refractivity contribution in [2.45, 2.75) is 32.3 Å². The minimum atomic E-state index is -2.88. The van der Waals surface area contributed by atoms with Crippen molar-refractivity contribution in [3.8, 4) is 5.75 Å². The molecule has 1 rings (SSSR count). The summed E-state index contributed by atoms with van der Waals surface area (Å²) in [6.07, 6.45) is -0.0782. The van der Waals surface area contributed by atoms with Crippen molar-refractivity contribution in [3.05, 3.63) is 29.8 Å². The Hall–Kier alpha value is -1.65. The lowest BCUT2D eigenvalue weighted by atomic mass is 9.81. The molecule has 0 aromatic heterocycles. The normalized spacial score (nSPS) is 11.6. The summed E-state index contributed by atoms with van der Waals surface area (Å²) >= 11 is 0. The Balaban J connectivity index is 2.94. The van der Waals surface area contributed by atoms with Crippen LogP contribution in [0.4, 0.5) is 8.78 Å². The molecular weight excluding hydrogens is 230 g/mol. The number of ether oxygens (including phenoxy) is 1. The Morgan fingerprint density at radius 2 is 2.12 bits per heavy atom. The Morgan fingerprint density at radius 1 is 1.47 bits per heavy atom. The van der Waals surface area contributed by atoms with E-state index in [0.29, 0.717) is 5.56 Å². The van der Waals surface area contributed by atoms with Crippen LogP contribution in [0.15, 0.2) is 24.3 Å². The maximum absolute atomic E-state index is 12.0. The van der Waals surface area contributed by atoms with E-state index in [1.807, 2.05) is 0 Å². The molecule has 0 radical (unpaired) electrons. The SMILES string of the molecule is CC(C)(CC(=O)O)c1cccc(OC(F)F)c1. The highest BCUT2D eigenvalue weighted by Crippen LogP contribution is 2.29. The second-order valence-corrected chi connectivity index (χ2v) is 4.36. The van der Waals surface area contributed by atoms with E-state index in [4.69, 9.17) is 5.11 Å². The highest BCUT2D eigenvalue weighted by molar-refractivity contribution is 5.69. The van der Waals surface area contributed by atoms with Crippen molar-refractivity contribution in [1.29, 1.82) is 0 Å². The third-order valence-electron chi connectivity index (χ3n) is 2.43. The maximum atomic E-state index is 12.0. The van der Waals surface area contributed by atoms with Gasteiger partial charge >= 0.3 is 12.6 Å². The predicted octanol–water partition coefficient (Wildman–Crippen LogP) is 3.04. The molecule has 0 fully saturated rings. The maximum Gasteiger partial charge on any atom is 0.387 e. The molecule has 0 aliphatic carbocycles. The molecule has 17 heavy (non-hydrogen) atoms. The summed E-state index contributed by atoms with van der Waals surface area (Å²) in [5, 5.41) is 8.77. The number of hydrogen-bond acceptors (Lipinski definition) is 2. The van der Waals surface area contributed by atoms with E-state index >= 15 is 0 Å². The van der Waals surface area contributed by atoms with Gasteiger partial charge in [-0.05, 0) is 17.7 Å². The molecule has 0 spiro atoms.